The number of fused-ring (bicyclic) bond motifs is 1. The summed E-state index contributed by atoms with van der Waals surface area (Å²) in [4.78, 5) is 11.1. The fourth-order valence-electron chi connectivity index (χ4n) is 2.20. The molecule has 0 radical (unpaired) electrons. The first-order valence-electron chi connectivity index (χ1n) is 6.90. The van der Waals surface area contributed by atoms with Gasteiger partial charge in [-0.15, -0.1) is 0 Å². The quantitative estimate of drug-likeness (QED) is 0.627. The van der Waals surface area contributed by atoms with Crippen LogP contribution in [0.15, 0.2) is 18.2 Å². The van der Waals surface area contributed by atoms with E-state index in [1.54, 1.807) is 0 Å². The molecule has 0 atom stereocenters. The summed E-state index contributed by atoms with van der Waals surface area (Å²) in [7, 11) is 0. The zero-order valence-corrected chi connectivity index (χ0v) is 11.4. The molecule has 19 heavy (non-hydrogen) atoms. The Morgan fingerprint density at radius 2 is 2.37 bits per heavy atom. The Balaban J connectivity index is 1.75. The van der Waals surface area contributed by atoms with Crippen LogP contribution in [-0.4, -0.2) is 32.3 Å². The maximum Gasteiger partial charge on any atom is 0.319 e. The number of carbonyl (C=O) groups is 1. The van der Waals surface area contributed by atoms with Crippen LogP contribution in [0.2, 0.25) is 0 Å². The van der Waals surface area contributed by atoms with E-state index >= 15 is 0 Å². The molecule has 1 heterocycles. The van der Waals surface area contributed by atoms with Gasteiger partial charge in [-0.1, -0.05) is 12.1 Å². The van der Waals surface area contributed by atoms with E-state index in [1.807, 2.05) is 6.92 Å². The largest absolute Gasteiger partial charge is 0.493 e. The number of hydrogen-bond acceptors (Lipinski definition) is 4. The standard InChI is InChI=1S/C15H21NO3/c1-2-18-15(17)11-16-8-7-12-5-6-14-13(10-12)4-3-9-19-14/h5-6,10,16H,2-4,7-9,11H2,1H3. The number of rotatable bonds is 6. The lowest BCUT2D eigenvalue weighted by Crippen LogP contribution is -2.26. The number of esters is 1. The smallest absolute Gasteiger partial charge is 0.319 e. The van der Waals surface area contributed by atoms with Crippen LogP contribution in [0.3, 0.4) is 0 Å². The molecular weight excluding hydrogens is 242 g/mol. The predicted molar refractivity (Wildman–Crippen MR) is 73.5 cm³/mol. The summed E-state index contributed by atoms with van der Waals surface area (Å²) in [5, 5.41) is 3.09. The van der Waals surface area contributed by atoms with Crippen LogP contribution < -0.4 is 10.1 Å². The van der Waals surface area contributed by atoms with Crippen molar-refractivity contribution < 1.29 is 14.3 Å². The normalized spacial score (nSPS) is 13.5. The van der Waals surface area contributed by atoms with Crippen molar-refractivity contribution in [2.75, 3.05) is 26.3 Å². The highest BCUT2D eigenvalue weighted by atomic mass is 16.5. The van der Waals surface area contributed by atoms with E-state index < -0.39 is 0 Å². The van der Waals surface area contributed by atoms with Gasteiger partial charge in [0, 0.05) is 0 Å². The van der Waals surface area contributed by atoms with E-state index in [0.717, 1.165) is 38.2 Å². The van der Waals surface area contributed by atoms with Gasteiger partial charge in [-0.05, 0) is 49.9 Å². The molecule has 0 spiro atoms. The number of ether oxygens (including phenoxy) is 2. The molecule has 0 amide bonds. The molecule has 1 N–H and O–H groups in total. The van der Waals surface area contributed by atoms with Crippen LogP contribution in [0.5, 0.6) is 5.75 Å². The molecule has 1 aromatic carbocycles. The van der Waals surface area contributed by atoms with Gasteiger partial charge in [0.25, 0.3) is 0 Å². The van der Waals surface area contributed by atoms with Gasteiger partial charge in [0.05, 0.1) is 19.8 Å². The SMILES string of the molecule is CCOC(=O)CNCCc1ccc2c(c1)CCCO2. The zero-order chi connectivity index (χ0) is 13.5. The lowest BCUT2D eigenvalue weighted by atomic mass is 10.0. The lowest BCUT2D eigenvalue weighted by Gasteiger charge is -2.17. The minimum atomic E-state index is -0.193. The molecule has 1 aromatic rings. The van der Waals surface area contributed by atoms with Crippen molar-refractivity contribution in [2.24, 2.45) is 0 Å². The molecule has 2 rings (SSSR count). The molecule has 4 heteroatoms. The van der Waals surface area contributed by atoms with Crippen LogP contribution in [0.25, 0.3) is 0 Å². The van der Waals surface area contributed by atoms with Gasteiger partial charge in [0.1, 0.15) is 5.75 Å². The van der Waals surface area contributed by atoms with Crippen molar-refractivity contribution in [3.05, 3.63) is 29.3 Å². The Labute approximate surface area is 114 Å². The maximum absolute atomic E-state index is 11.1. The first-order valence-corrected chi connectivity index (χ1v) is 6.90. The average molecular weight is 263 g/mol. The summed E-state index contributed by atoms with van der Waals surface area (Å²) < 4.78 is 10.4. The third kappa shape index (κ3) is 4.24. The number of aryl methyl sites for hydroxylation is 1. The molecule has 0 unspecified atom stereocenters. The molecule has 1 aliphatic heterocycles. The van der Waals surface area contributed by atoms with Gasteiger partial charge in [0.2, 0.25) is 0 Å². The maximum atomic E-state index is 11.1. The Morgan fingerprint density at radius 1 is 1.47 bits per heavy atom. The molecule has 0 fully saturated rings. The highest BCUT2D eigenvalue weighted by Crippen LogP contribution is 2.25. The number of carbonyl (C=O) groups excluding carboxylic acids is 1. The van der Waals surface area contributed by atoms with Gasteiger partial charge in [-0.3, -0.25) is 4.79 Å². The summed E-state index contributed by atoms with van der Waals surface area (Å²) in [6.07, 6.45) is 3.10. The van der Waals surface area contributed by atoms with Gasteiger partial charge in [0.15, 0.2) is 0 Å². The number of hydrogen-bond donors (Lipinski definition) is 1. The first kappa shape index (κ1) is 13.9. The molecule has 0 bridgehead atoms. The summed E-state index contributed by atoms with van der Waals surface area (Å²) >= 11 is 0. The summed E-state index contributed by atoms with van der Waals surface area (Å²) in [5.41, 5.74) is 2.58. The fraction of sp³-hybridized carbons (Fsp3) is 0.533. The average Bonchev–Trinajstić information content (AvgIpc) is 2.44. The topological polar surface area (TPSA) is 47.6 Å². The second kappa shape index (κ2) is 7.14. The van der Waals surface area contributed by atoms with E-state index in [9.17, 15) is 4.79 Å². The summed E-state index contributed by atoms with van der Waals surface area (Å²) in [6.45, 7) is 4.13. The summed E-state index contributed by atoms with van der Waals surface area (Å²) in [5.74, 6) is 0.829. The Hall–Kier alpha value is -1.55. The van der Waals surface area contributed by atoms with Crippen molar-refractivity contribution in [3.8, 4) is 5.75 Å². The van der Waals surface area contributed by atoms with Gasteiger partial charge < -0.3 is 14.8 Å². The van der Waals surface area contributed by atoms with E-state index in [1.165, 1.54) is 11.1 Å². The molecular formula is C15H21NO3. The van der Waals surface area contributed by atoms with E-state index in [2.05, 4.69) is 23.5 Å². The van der Waals surface area contributed by atoms with Gasteiger partial charge in [-0.2, -0.15) is 0 Å². The van der Waals surface area contributed by atoms with Crippen LogP contribution >= 0.6 is 0 Å². The van der Waals surface area contributed by atoms with Crippen LogP contribution in [0.1, 0.15) is 24.5 Å². The zero-order valence-electron chi connectivity index (χ0n) is 11.4. The molecule has 4 nitrogen and oxygen atoms in total. The van der Waals surface area contributed by atoms with Crippen molar-refractivity contribution >= 4 is 5.97 Å². The second-order valence-corrected chi connectivity index (χ2v) is 4.63. The van der Waals surface area contributed by atoms with Crippen LogP contribution in [0, 0.1) is 0 Å². The number of nitrogens with one attached hydrogen (secondary N) is 1. The van der Waals surface area contributed by atoms with E-state index in [4.69, 9.17) is 9.47 Å². The Bertz CT molecular complexity index is 431. The second-order valence-electron chi connectivity index (χ2n) is 4.63. The summed E-state index contributed by atoms with van der Waals surface area (Å²) in [6, 6.07) is 6.35. The molecule has 0 saturated carbocycles. The third-order valence-corrected chi connectivity index (χ3v) is 3.14. The van der Waals surface area contributed by atoms with Crippen molar-refractivity contribution in [1.82, 2.24) is 5.32 Å². The lowest BCUT2D eigenvalue weighted by molar-refractivity contribution is -0.141. The highest BCUT2D eigenvalue weighted by molar-refractivity contribution is 5.71. The Morgan fingerprint density at radius 3 is 3.21 bits per heavy atom. The van der Waals surface area contributed by atoms with Gasteiger partial charge >= 0.3 is 5.97 Å². The molecule has 0 aromatic heterocycles. The minimum Gasteiger partial charge on any atom is -0.493 e. The van der Waals surface area contributed by atoms with Crippen LogP contribution in [-0.2, 0) is 22.4 Å². The van der Waals surface area contributed by atoms with Crippen molar-refractivity contribution in [2.45, 2.75) is 26.2 Å². The molecule has 0 saturated heterocycles. The fourth-order valence-corrected chi connectivity index (χ4v) is 2.20. The van der Waals surface area contributed by atoms with E-state index in [-0.39, 0.29) is 12.5 Å². The van der Waals surface area contributed by atoms with E-state index in [0.29, 0.717) is 6.61 Å². The molecule has 104 valence electrons. The van der Waals surface area contributed by atoms with Crippen LogP contribution in [0.4, 0.5) is 0 Å². The Kier molecular flexibility index (Phi) is 5.21. The highest BCUT2D eigenvalue weighted by Gasteiger charge is 2.10. The molecule has 0 aliphatic carbocycles. The first-order chi connectivity index (χ1) is 9.29. The molecule has 1 aliphatic rings. The van der Waals surface area contributed by atoms with Crippen molar-refractivity contribution in [3.63, 3.8) is 0 Å². The predicted octanol–water partition coefficient (Wildman–Crippen LogP) is 1.71. The van der Waals surface area contributed by atoms with Gasteiger partial charge in [-0.25, -0.2) is 0 Å². The minimum absolute atomic E-state index is 0.193. The van der Waals surface area contributed by atoms with Crippen molar-refractivity contribution in [1.29, 1.82) is 0 Å². The monoisotopic (exact) mass is 263 g/mol. The number of benzene rings is 1. The third-order valence-electron chi connectivity index (χ3n) is 3.14.